The molecule has 0 radical (unpaired) electrons. The Labute approximate surface area is 211 Å². The van der Waals surface area contributed by atoms with Crippen LogP contribution in [0.4, 0.5) is 5.82 Å². The Kier molecular flexibility index (Phi) is 7.44. The highest BCUT2D eigenvalue weighted by Gasteiger charge is 2.22. The summed E-state index contributed by atoms with van der Waals surface area (Å²) in [6.45, 7) is 4.27. The van der Waals surface area contributed by atoms with Crippen LogP contribution in [-0.2, 0) is 9.47 Å². The molecule has 0 spiro atoms. The number of nitrogens with one attached hydrogen (secondary N) is 2. The van der Waals surface area contributed by atoms with Gasteiger partial charge in [0.25, 0.3) is 0 Å². The van der Waals surface area contributed by atoms with Gasteiger partial charge in [-0.05, 0) is 56.6 Å². The summed E-state index contributed by atoms with van der Waals surface area (Å²) in [5.74, 6) is 0.972. The second-order valence-corrected chi connectivity index (χ2v) is 9.24. The third-order valence-corrected chi connectivity index (χ3v) is 6.85. The molecule has 0 amide bonds. The lowest BCUT2D eigenvalue weighted by molar-refractivity contribution is 0.0601. The number of carbonyl (C=O) groups is 1. The fraction of sp³-hybridized carbons (Fsp3) is 0.393. The smallest absolute Gasteiger partial charge is 0.337 e. The van der Waals surface area contributed by atoms with Gasteiger partial charge in [0.1, 0.15) is 17.6 Å². The highest BCUT2D eigenvalue weighted by molar-refractivity contribution is 6.12. The summed E-state index contributed by atoms with van der Waals surface area (Å²) in [6, 6.07) is 15.5. The zero-order chi connectivity index (χ0) is 24.9. The van der Waals surface area contributed by atoms with Crippen molar-refractivity contribution < 1.29 is 14.3 Å². The Morgan fingerprint density at radius 1 is 1.08 bits per heavy atom. The van der Waals surface area contributed by atoms with Gasteiger partial charge in [-0.1, -0.05) is 42.8 Å². The molecule has 1 atom stereocenters. The van der Waals surface area contributed by atoms with E-state index < -0.39 is 6.10 Å². The van der Waals surface area contributed by atoms with Gasteiger partial charge in [0.05, 0.1) is 18.1 Å². The highest BCUT2D eigenvalue weighted by atomic mass is 16.5. The molecular weight excluding hydrogens is 454 g/mol. The van der Waals surface area contributed by atoms with Crippen LogP contribution >= 0.6 is 0 Å². The average molecular weight is 488 g/mol. The van der Waals surface area contributed by atoms with Gasteiger partial charge in [-0.15, -0.1) is 0 Å². The topological polar surface area (TPSA) is 92.4 Å². The summed E-state index contributed by atoms with van der Waals surface area (Å²) in [7, 11) is 3.06. The maximum atomic E-state index is 12.1. The van der Waals surface area contributed by atoms with E-state index in [1.54, 1.807) is 19.2 Å². The van der Waals surface area contributed by atoms with Crippen molar-refractivity contribution in [2.75, 3.05) is 45.7 Å². The molecule has 8 nitrogen and oxygen atoms in total. The fourth-order valence-electron chi connectivity index (χ4n) is 5.02. The lowest BCUT2D eigenvalue weighted by Crippen LogP contribution is -2.31. The lowest BCUT2D eigenvalue weighted by atomic mass is 10.1. The maximum absolute atomic E-state index is 12.1. The minimum Gasteiger partial charge on any atom is -0.465 e. The first-order valence-corrected chi connectivity index (χ1v) is 12.6. The minimum atomic E-state index is -0.401. The molecule has 1 fully saturated rings. The molecule has 4 aromatic rings. The Hall–Kier alpha value is -3.49. The number of rotatable bonds is 9. The molecule has 0 aliphatic carbocycles. The number of esters is 1. The van der Waals surface area contributed by atoms with Gasteiger partial charge >= 0.3 is 5.97 Å². The quantitative estimate of drug-likeness (QED) is 0.256. The van der Waals surface area contributed by atoms with E-state index in [4.69, 9.17) is 19.4 Å². The van der Waals surface area contributed by atoms with Crippen LogP contribution in [0.2, 0.25) is 0 Å². The number of hydrogen-bond acceptors (Lipinski definition) is 7. The molecule has 3 heterocycles. The standard InChI is InChI=1S/C28H33N5O3/c1-35-24(19-10-5-3-6-11-19)27-31-25(29-14-9-17-33-15-7-4-8-16-33)23-21-13-12-20(28(34)36-2)18-22(21)30-26(23)32-27/h3,5-6,10-13,18,24H,4,7-9,14-17H2,1-2H3,(H2,29,30,31,32). The number of hydrogen-bond donors (Lipinski definition) is 2. The van der Waals surface area contributed by atoms with Gasteiger partial charge in [-0.2, -0.15) is 0 Å². The van der Waals surface area contributed by atoms with E-state index in [1.807, 2.05) is 36.4 Å². The molecule has 2 N–H and O–H groups in total. The molecule has 2 aromatic carbocycles. The van der Waals surface area contributed by atoms with Crippen molar-refractivity contribution in [1.29, 1.82) is 0 Å². The van der Waals surface area contributed by atoms with Crippen LogP contribution in [0.15, 0.2) is 48.5 Å². The fourth-order valence-corrected chi connectivity index (χ4v) is 5.02. The monoisotopic (exact) mass is 487 g/mol. The van der Waals surface area contributed by atoms with Crippen LogP contribution in [0, 0.1) is 0 Å². The van der Waals surface area contributed by atoms with Crippen LogP contribution in [0.1, 0.15) is 53.5 Å². The normalized spacial score (nSPS) is 15.3. The first-order valence-electron chi connectivity index (χ1n) is 12.6. The number of ether oxygens (including phenoxy) is 2. The number of methoxy groups -OCH3 is 2. The van der Waals surface area contributed by atoms with E-state index in [0.717, 1.165) is 47.2 Å². The largest absolute Gasteiger partial charge is 0.465 e. The SMILES string of the molecule is COC(=O)c1ccc2c(c1)[nH]c1nc(C(OC)c3ccccc3)nc(NCCCN3CCCCC3)c12. The Bertz CT molecular complexity index is 1330. The van der Waals surface area contributed by atoms with Gasteiger partial charge in [0.15, 0.2) is 5.82 Å². The van der Waals surface area contributed by atoms with Crippen molar-refractivity contribution in [1.82, 2.24) is 19.9 Å². The third kappa shape index (κ3) is 5.05. The number of likely N-dealkylation sites (tertiary alicyclic amines) is 1. The van der Waals surface area contributed by atoms with Crippen LogP contribution in [-0.4, -0.2) is 66.2 Å². The van der Waals surface area contributed by atoms with Crippen molar-refractivity contribution in [3.05, 3.63) is 65.5 Å². The number of nitrogens with zero attached hydrogens (tertiary/aromatic N) is 3. The van der Waals surface area contributed by atoms with Crippen LogP contribution in [0.3, 0.4) is 0 Å². The second-order valence-electron chi connectivity index (χ2n) is 9.24. The van der Waals surface area contributed by atoms with E-state index in [2.05, 4.69) is 15.2 Å². The van der Waals surface area contributed by atoms with Crippen LogP contribution in [0.5, 0.6) is 0 Å². The van der Waals surface area contributed by atoms with E-state index in [-0.39, 0.29) is 5.97 Å². The second kappa shape index (κ2) is 11.1. The summed E-state index contributed by atoms with van der Waals surface area (Å²) >= 11 is 0. The highest BCUT2D eigenvalue weighted by Crippen LogP contribution is 2.33. The average Bonchev–Trinajstić information content (AvgIpc) is 3.30. The van der Waals surface area contributed by atoms with Crippen LogP contribution < -0.4 is 5.32 Å². The number of aromatic amines is 1. The zero-order valence-corrected chi connectivity index (χ0v) is 20.9. The number of H-pyrrole nitrogens is 1. The molecule has 0 bridgehead atoms. The van der Waals surface area contributed by atoms with Gasteiger partial charge < -0.3 is 24.7 Å². The molecule has 1 aliphatic heterocycles. The third-order valence-electron chi connectivity index (χ3n) is 6.85. The number of carbonyl (C=O) groups excluding carboxylic acids is 1. The minimum absolute atomic E-state index is 0.373. The summed E-state index contributed by atoms with van der Waals surface area (Å²) in [6.07, 6.45) is 4.56. The van der Waals surface area contributed by atoms with E-state index in [0.29, 0.717) is 17.0 Å². The number of piperidine rings is 1. The maximum Gasteiger partial charge on any atom is 0.337 e. The number of aromatic nitrogens is 3. The Balaban J connectivity index is 1.50. The Morgan fingerprint density at radius 2 is 1.89 bits per heavy atom. The van der Waals surface area contributed by atoms with E-state index in [9.17, 15) is 4.79 Å². The van der Waals surface area contributed by atoms with Crippen molar-refractivity contribution in [3.8, 4) is 0 Å². The molecule has 188 valence electrons. The summed E-state index contributed by atoms with van der Waals surface area (Å²) in [5.41, 5.74) is 2.98. The van der Waals surface area contributed by atoms with Gasteiger partial charge in [0, 0.05) is 24.6 Å². The molecule has 1 saturated heterocycles. The van der Waals surface area contributed by atoms with Crippen molar-refractivity contribution in [2.24, 2.45) is 0 Å². The lowest BCUT2D eigenvalue weighted by Gasteiger charge is -2.26. The van der Waals surface area contributed by atoms with Crippen molar-refractivity contribution >= 4 is 33.7 Å². The van der Waals surface area contributed by atoms with Gasteiger partial charge in [-0.25, -0.2) is 14.8 Å². The van der Waals surface area contributed by atoms with Gasteiger partial charge in [0.2, 0.25) is 0 Å². The molecule has 2 aromatic heterocycles. The van der Waals surface area contributed by atoms with Crippen molar-refractivity contribution in [2.45, 2.75) is 31.8 Å². The first kappa shape index (κ1) is 24.2. The molecule has 36 heavy (non-hydrogen) atoms. The molecular formula is C28H33N5O3. The first-order chi connectivity index (χ1) is 17.7. The predicted molar refractivity (Wildman–Crippen MR) is 141 cm³/mol. The van der Waals surface area contributed by atoms with E-state index in [1.165, 1.54) is 39.5 Å². The molecule has 1 unspecified atom stereocenters. The van der Waals surface area contributed by atoms with Gasteiger partial charge in [-0.3, -0.25) is 0 Å². The summed E-state index contributed by atoms with van der Waals surface area (Å²) in [5, 5.41) is 5.44. The summed E-state index contributed by atoms with van der Waals surface area (Å²) < 4.78 is 10.7. The predicted octanol–water partition coefficient (Wildman–Crippen LogP) is 4.92. The van der Waals surface area contributed by atoms with Crippen molar-refractivity contribution in [3.63, 3.8) is 0 Å². The van der Waals surface area contributed by atoms with E-state index >= 15 is 0 Å². The molecule has 0 saturated carbocycles. The molecule has 5 rings (SSSR count). The Morgan fingerprint density at radius 3 is 2.64 bits per heavy atom. The number of fused-ring (bicyclic) bond motifs is 3. The van der Waals surface area contributed by atoms with Crippen LogP contribution in [0.25, 0.3) is 21.9 Å². The summed E-state index contributed by atoms with van der Waals surface area (Å²) in [4.78, 5) is 27.8. The molecule has 8 heteroatoms. The number of anilines is 1. The number of benzene rings is 2. The zero-order valence-electron chi connectivity index (χ0n) is 20.9. The molecule has 1 aliphatic rings.